The Labute approximate surface area is 118 Å². The highest BCUT2D eigenvalue weighted by molar-refractivity contribution is 8.14. The molecule has 0 bridgehead atoms. The van der Waals surface area contributed by atoms with Crippen LogP contribution in [0.2, 0.25) is 0 Å². The minimum atomic E-state index is 0.104. The molecule has 6 atom stereocenters. The van der Waals surface area contributed by atoms with Gasteiger partial charge in [-0.05, 0) is 24.7 Å². The molecule has 0 amide bonds. The first-order valence-electron chi connectivity index (χ1n) is 6.90. The van der Waals surface area contributed by atoms with Gasteiger partial charge in [0.1, 0.15) is 5.50 Å². The number of rotatable bonds is 0. The van der Waals surface area contributed by atoms with Crippen LogP contribution in [0.25, 0.3) is 0 Å². The van der Waals surface area contributed by atoms with Crippen LogP contribution in [0, 0.1) is 17.8 Å². The highest BCUT2D eigenvalue weighted by Crippen LogP contribution is 2.51. The third-order valence-corrected chi connectivity index (χ3v) is 6.80. The SMILES string of the molecule is CC1CCC2C(C1)SC1=NCN3C(S)NNC3C12. The molecule has 4 aliphatic rings. The van der Waals surface area contributed by atoms with Crippen molar-refractivity contribution >= 4 is 29.4 Å². The average molecular weight is 284 g/mol. The number of aliphatic imine (C=N–C) groups is 1. The zero-order valence-electron chi connectivity index (χ0n) is 10.5. The lowest BCUT2D eigenvalue weighted by Crippen LogP contribution is -2.51. The largest absolute Gasteiger partial charge is 0.267 e. The Morgan fingerprint density at radius 2 is 2.28 bits per heavy atom. The molecule has 0 aromatic rings. The average Bonchev–Trinajstić information content (AvgIpc) is 2.89. The third kappa shape index (κ3) is 1.69. The van der Waals surface area contributed by atoms with Crippen LogP contribution >= 0.6 is 24.4 Å². The Kier molecular flexibility index (Phi) is 2.93. The summed E-state index contributed by atoms with van der Waals surface area (Å²) in [6.07, 6.45) is 4.52. The van der Waals surface area contributed by atoms with Gasteiger partial charge in [-0.1, -0.05) is 13.3 Å². The number of nitrogens with one attached hydrogen (secondary N) is 2. The summed E-state index contributed by atoms with van der Waals surface area (Å²) >= 11 is 6.62. The third-order valence-electron chi connectivity index (χ3n) is 4.89. The molecule has 3 heterocycles. The van der Waals surface area contributed by atoms with Gasteiger partial charge in [-0.3, -0.25) is 4.99 Å². The molecule has 2 N–H and O–H groups in total. The van der Waals surface area contributed by atoms with E-state index in [1.807, 2.05) is 0 Å². The van der Waals surface area contributed by atoms with E-state index < -0.39 is 0 Å². The quantitative estimate of drug-likeness (QED) is 0.589. The molecule has 0 aromatic carbocycles. The van der Waals surface area contributed by atoms with Crippen LogP contribution < -0.4 is 10.9 Å². The number of hydrogen-bond donors (Lipinski definition) is 3. The van der Waals surface area contributed by atoms with Crippen LogP contribution in [0.5, 0.6) is 0 Å². The van der Waals surface area contributed by atoms with Crippen molar-refractivity contribution < 1.29 is 0 Å². The molecule has 3 aliphatic heterocycles. The highest BCUT2D eigenvalue weighted by atomic mass is 32.2. The van der Waals surface area contributed by atoms with Crippen LogP contribution in [-0.2, 0) is 0 Å². The fourth-order valence-electron chi connectivity index (χ4n) is 3.92. The second-order valence-electron chi connectivity index (χ2n) is 6.02. The summed E-state index contributed by atoms with van der Waals surface area (Å²) < 4.78 is 0. The van der Waals surface area contributed by atoms with Crippen molar-refractivity contribution in [1.29, 1.82) is 0 Å². The van der Waals surface area contributed by atoms with Gasteiger partial charge in [0.2, 0.25) is 0 Å². The van der Waals surface area contributed by atoms with Crippen molar-refractivity contribution in [2.75, 3.05) is 6.67 Å². The maximum Gasteiger partial charge on any atom is 0.120 e. The number of thioether (sulfide) groups is 1. The second-order valence-corrected chi connectivity index (χ2v) is 7.77. The summed E-state index contributed by atoms with van der Waals surface area (Å²) in [5.74, 6) is 2.29. The maximum atomic E-state index is 4.81. The van der Waals surface area contributed by atoms with E-state index in [2.05, 4.69) is 47.1 Å². The lowest BCUT2D eigenvalue weighted by Gasteiger charge is -2.37. The number of hydrogen-bond acceptors (Lipinski definition) is 6. The summed E-state index contributed by atoms with van der Waals surface area (Å²) in [6.45, 7) is 3.18. The topological polar surface area (TPSA) is 39.7 Å². The van der Waals surface area contributed by atoms with Crippen LogP contribution in [-0.4, -0.2) is 33.5 Å². The Bertz CT molecular complexity index is 388. The van der Waals surface area contributed by atoms with Gasteiger partial charge in [-0.15, -0.1) is 24.4 Å². The van der Waals surface area contributed by atoms with E-state index in [1.165, 1.54) is 24.3 Å². The lowest BCUT2D eigenvalue weighted by molar-refractivity contribution is 0.136. The molecule has 1 aliphatic carbocycles. The number of nitrogens with zero attached hydrogens (tertiary/aromatic N) is 2. The molecule has 0 spiro atoms. The van der Waals surface area contributed by atoms with Crippen molar-refractivity contribution in [2.24, 2.45) is 22.7 Å². The first-order chi connectivity index (χ1) is 8.74. The van der Waals surface area contributed by atoms with E-state index in [1.54, 1.807) is 0 Å². The van der Waals surface area contributed by atoms with Crippen LogP contribution in [0.15, 0.2) is 4.99 Å². The summed E-state index contributed by atoms with van der Waals surface area (Å²) in [5.41, 5.74) is 6.77. The number of hydrazine groups is 1. The molecule has 4 rings (SSSR count). The molecule has 2 saturated heterocycles. The normalized spacial score (nSPS) is 51.6. The van der Waals surface area contributed by atoms with Crippen molar-refractivity contribution in [2.45, 2.75) is 43.1 Å². The fraction of sp³-hybridized carbons (Fsp3) is 0.917. The van der Waals surface area contributed by atoms with Crippen molar-refractivity contribution in [3.8, 4) is 0 Å². The first kappa shape index (κ1) is 12.0. The van der Waals surface area contributed by atoms with E-state index in [9.17, 15) is 0 Å². The minimum Gasteiger partial charge on any atom is -0.267 e. The smallest absolute Gasteiger partial charge is 0.120 e. The molecule has 6 unspecified atom stereocenters. The van der Waals surface area contributed by atoms with E-state index in [0.717, 1.165) is 23.8 Å². The molecular weight excluding hydrogens is 264 g/mol. The van der Waals surface area contributed by atoms with E-state index >= 15 is 0 Å². The van der Waals surface area contributed by atoms with Crippen molar-refractivity contribution in [1.82, 2.24) is 15.8 Å². The second kappa shape index (κ2) is 4.38. The molecule has 4 nitrogen and oxygen atoms in total. The molecule has 0 radical (unpaired) electrons. The fourth-order valence-corrected chi connectivity index (χ4v) is 6.02. The van der Waals surface area contributed by atoms with Gasteiger partial charge in [-0.2, -0.15) is 0 Å². The van der Waals surface area contributed by atoms with Crippen LogP contribution in [0.1, 0.15) is 26.2 Å². The summed E-state index contributed by atoms with van der Waals surface area (Å²) in [6, 6.07) is 0. The van der Waals surface area contributed by atoms with Gasteiger partial charge in [0.15, 0.2) is 0 Å². The Balaban J connectivity index is 1.63. The molecule has 6 heteroatoms. The van der Waals surface area contributed by atoms with E-state index in [0.29, 0.717) is 12.1 Å². The van der Waals surface area contributed by atoms with Crippen molar-refractivity contribution in [3.05, 3.63) is 0 Å². The number of thiol groups is 1. The zero-order chi connectivity index (χ0) is 12.3. The molecule has 1 saturated carbocycles. The van der Waals surface area contributed by atoms with Gasteiger partial charge in [0, 0.05) is 11.2 Å². The summed E-state index contributed by atoms with van der Waals surface area (Å²) in [7, 11) is 0. The van der Waals surface area contributed by atoms with Gasteiger partial charge >= 0.3 is 0 Å². The molecular formula is C12H20N4S2. The predicted molar refractivity (Wildman–Crippen MR) is 78.3 cm³/mol. The van der Waals surface area contributed by atoms with E-state index in [-0.39, 0.29) is 5.50 Å². The van der Waals surface area contributed by atoms with Gasteiger partial charge < -0.3 is 0 Å². The monoisotopic (exact) mass is 284 g/mol. The molecule has 3 fully saturated rings. The maximum absolute atomic E-state index is 4.81. The Hall–Kier alpha value is 0.250. The van der Waals surface area contributed by atoms with Crippen LogP contribution in [0.4, 0.5) is 0 Å². The number of fused-ring (bicyclic) bond motifs is 5. The Morgan fingerprint density at radius 1 is 1.39 bits per heavy atom. The van der Waals surface area contributed by atoms with Crippen molar-refractivity contribution in [3.63, 3.8) is 0 Å². The molecule has 0 aromatic heterocycles. The summed E-state index contributed by atoms with van der Waals surface area (Å²) in [5, 5.41) is 2.20. The molecule has 100 valence electrons. The van der Waals surface area contributed by atoms with Gasteiger partial charge in [0.25, 0.3) is 0 Å². The van der Waals surface area contributed by atoms with Gasteiger partial charge in [0.05, 0.1) is 17.9 Å². The van der Waals surface area contributed by atoms with Gasteiger partial charge in [-0.25, -0.2) is 15.8 Å². The first-order valence-corrected chi connectivity index (χ1v) is 8.29. The van der Waals surface area contributed by atoms with Crippen LogP contribution in [0.3, 0.4) is 0 Å². The molecule has 18 heavy (non-hydrogen) atoms. The van der Waals surface area contributed by atoms with E-state index in [4.69, 9.17) is 4.99 Å². The highest BCUT2D eigenvalue weighted by Gasteiger charge is 2.52. The predicted octanol–water partition coefficient (Wildman–Crippen LogP) is 1.47. The lowest BCUT2D eigenvalue weighted by atomic mass is 9.75. The zero-order valence-corrected chi connectivity index (χ0v) is 12.3. The summed E-state index contributed by atoms with van der Waals surface area (Å²) in [4.78, 5) is 7.14. The minimum absolute atomic E-state index is 0.104. The standard InChI is InChI=1S/C12H20N4S2/c1-6-2-3-7-8(4-6)18-11-9(7)10-14-15-12(17)16(10)5-13-11/h6-10,12,14-15,17H,2-5H2,1H3. The Morgan fingerprint density at radius 3 is 3.17 bits per heavy atom.